The number of carbonyl (C=O) groups is 1. The van der Waals surface area contributed by atoms with Crippen LogP contribution in [0.25, 0.3) is 10.2 Å². The highest BCUT2D eigenvalue weighted by atomic mass is 32.1. The quantitative estimate of drug-likeness (QED) is 0.405. The minimum atomic E-state index is 0.0207. The van der Waals surface area contributed by atoms with Gasteiger partial charge in [0.2, 0.25) is 0 Å². The molecule has 4 aromatic rings. The second-order valence-electron chi connectivity index (χ2n) is 7.52. The van der Waals surface area contributed by atoms with Gasteiger partial charge < -0.3 is 9.64 Å². The molecule has 0 saturated carbocycles. The lowest BCUT2D eigenvalue weighted by Gasteiger charge is -2.32. The predicted octanol–water partition coefficient (Wildman–Crippen LogP) is 6.11. The van der Waals surface area contributed by atoms with Crippen LogP contribution in [0.3, 0.4) is 0 Å². The smallest absolute Gasteiger partial charge is 0.257 e. The second kappa shape index (κ2) is 8.28. The first-order chi connectivity index (χ1) is 14.8. The Labute approximate surface area is 179 Å². The monoisotopic (exact) mass is 414 g/mol. The fourth-order valence-corrected chi connectivity index (χ4v) is 5.04. The molecule has 1 aliphatic rings. The van der Waals surface area contributed by atoms with Crippen molar-refractivity contribution in [2.24, 2.45) is 0 Å². The van der Waals surface area contributed by atoms with E-state index < -0.39 is 0 Å². The Morgan fingerprint density at radius 3 is 2.60 bits per heavy atom. The van der Waals surface area contributed by atoms with Gasteiger partial charge in [0.1, 0.15) is 11.5 Å². The van der Waals surface area contributed by atoms with Gasteiger partial charge in [0.05, 0.1) is 20.8 Å². The molecule has 1 aromatic heterocycles. The van der Waals surface area contributed by atoms with Crippen LogP contribution in [-0.2, 0) is 0 Å². The van der Waals surface area contributed by atoms with Crippen LogP contribution >= 0.6 is 11.3 Å². The normalized spacial score (nSPS) is 16.5. The summed E-state index contributed by atoms with van der Waals surface area (Å²) in [4.78, 5) is 20.2. The predicted molar refractivity (Wildman–Crippen MR) is 120 cm³/mol. The molecule has 150 valence electrons. The zero-order valence-electron chi connectivity index (χ0n) is 16.5. The molecule has 1 saturated heterocycles. The molecule has 30 heavy (non-hydrogen) atoms. The van der Waals surface area contributed by atoms with Crippen LogP contribution in [0, 0.1) is 0 Å². The van der Waals surface area contributed by atoms with Gasteiger partial charge in [0.15, 0.2) is 0 Å². The van der Waals surface area contributed by atoms with Gasteiger partial charge in [-0.3, -0.25) is 4.79 Å². The van der Waals surface area contributed by atoms with Gasteiger partial charge in [-0.1, -0.05) is 42.5 Å². The summed E-state index contributed by atoms with van der Waals surface area (Å²) >= 11 is 1.74. The second-order valence-corrected chi connectivity index (χ2v) is 8.58. The zero-order valence-corrected chi connectivity index (χ0v) is 17.3. The number of para-hydroxylation sites is 3. The van der Waals surface area contributed by atoms with Gasteiger partial charge in [-0.2, -0.15) is 0 Å². The number of hydrogen-bond donors (Lipinski definition) is 0. The number of piperidine rings is 1. The molecular formula is C25H22N2O2S. The number of ether oxygens (including phenoxy) is 1. The van der Waals surface area contributed by atoms with Crippen LogP contribution in [0.15, 0.2) is 78.9 Å². The molecule has 1 aliphatic heterocycles. The van der Waals surface area contributed by atoms with E-state index in [0.29, 0.717) is 17.9 Å². The molecule has 1 unspecified atom stereocenters. The summed E-state index contributed by atoms with van der Waals surface area (Å²) in [5.41, 5.74) is 1.65. The van der Waals surface area contributed by atoms with Crippen LogP contribution in [0.5, 0.6) is 11.5 Å². The van der Waals surface area contributed by atoms with Gasteiger partial charge in [-0.05, 0) is 49.2 Å². The number of carbonyl (C=O) groups excluding carboxylic acids is 1. The van der Waals surface area contributed by atoms with Gasteiger partial charge >= 0.3 is 0 Å². The fraction of sp³-hybridized carbons (Fsp3) is 0.200. The number of thiazole rings is 1. The average molecular weight is 415 g/mol. The maximum atomic E-state index is 13.4. The first-order valence-electron chi connectivity index (χ1n) is 10.2. The van der Waals surface area contributed by atoms with E-state index in [4.69, 9.17) is 9.72 Å². The molecular weight excluding hydrogens is 392 g/mol. The van der Waals surface area contributed by atoms with Gasteiger partial charge in [-0.15, -0.1) is 11.3 Å². The Morgan fingerprint density at radius 1 is 0.967 bits per heavy atom. The lowest BCUT2D eigenvalue weighted by Crippen LogP contribution is -2.39. The highest BCUT2D eigenvalue weighted by Gasteiger charge is 2.28. The Balaban J connectivity index is 1.37. The summed E-state index contributed by atoms with van der Waals surface area (Å²) < 4.78 is 7.22. The summed E-state index contributed by atoms with van der Waals surface area (Å²) in [6.07, 6.45) is 2.04. The highest BCUT2D eigenvalue weighted by Crippen LogP contribution is 2.34. The van der Waals surface area contributed by atoms with Crippen molar-refractivity contribution >= 4 is 27.5 Å². The first kappa shape index (κ1) is 18.8. The maximum absolute atomic E-state index is 13.4. The molecule has 3 aromatic carbocycles. The third kappa shape index (κ3) is 3.81. The molecule has 0 radical (unpaired) electrons. The van der Waals surface area contributed by atoms with E-state index >= 15 is 0 Å². The third-order valence-corrected chi connectivity index (χ3v) is 6.66. The van der Waals surface area contributed by atoms with Crippen LogP contribution in [-0.4, -0.2) is 28.9 Å². The maximum Gasteiger partial charge on any atom is 0.257 e. The zero-order chi connectivity index (χ0) is 20.3. The van der Waals surface area contributed by atoms with E-state index in [1.165, 1.54) is 4.70 Å². The Kier molecular flexibility index (Phi) is 5.20. The lowest BCUT2D eigenvalue weighted by molar-refractivity contribution is 0.0704. The standard InChI is InChI=1S/C25H22N2O2S/c28-25(20-12-4-6-14-22(20)29-19-10-2-1-3-11-19)27-16-8-9-18(17-27)24-26-21-13-5-7-15-23(21)30-24/h1-7,10-15,18H,8-9,16-17H2. The molecule has 1 amide bonds. The van der Waals surface area contributed by atoms with Crippen LogP contribution in [0.1, 0.15) is 34.1 Å². The molecule has 0 bridgehead atoms. The number of nitrogens with zero attached hydrogens (tertiary/aromatic N) is 2. The third-order valence-electron chi connectivity index (χ3n) is 5.46. The van der Waals surface area contributed by atoms with Gasteiger partial charge in [0, 0.05) is 19.0 Å². The summed E-state index contributed by atoms with van der Waals surface area (Å²) in [5.74, 6) is 1.62. The van der Waals surface area contributed by atoms with Crippen molar-refractivity contribution in [2.45, 2.75) is 18.8 Å². The Hall–Kier alpha value is -3.18. The number of amides is 1. The van der Waals surface area contributed by atoms with Crippen molar-refractivity contribution in [3.63, 3.8) is 0 Å². The van der Waals surface area contributed by atoms with Crippen molar-refractivity contribution in [3.8, 4) is 11.5 Å². The molecule has 5 rings (SSSR count). The summed E-state index contributed by atoms with van der Waals surface area (Å²) in [7, 11) is 0. The summed E-state index contributed by atoms with van der Waals surface area (Å²) in [5, 5.41) is 1.13. The van der Waals surface area contributed by atoms with Crippen molar-refractivity contribution < 1.29 is 9.53 Å². The number of aromatic nitrogens is 1. The van der Waals surface area contributed by atoms with E-state index in [1.807, 2.05) is 71.6 Å². The number of hydrogen-bond acceptors (Lipinski definition) is 4. The van der Waals surface area contributed by atoms with Crippen molar-refractivity contribution in [2.75, 3.05) is 13.1 Å². The van der Waals surface area contributed by atoms with E-state index in [0.717, 1.165) is 35.7 Å². The van der Waals surface area contributed by atoms with Crippen molar-refractivity contribution in [3.05, 3.63) is 89.4 Å². The molecule has 0 N–H and O–H groups in total. The Morgan fingerprint density at radius 2 is 1.73 bits per heavy atom. The largest absolute Gasteiger partial charge is 0.457 e. The van der Waals surface area contributed by atoms with Crippen LogP contribution < -0.4 is 4.74 Å². The van der Waals surface area contributed by atoms with Crippen molar-refractivity contribution in [1.82, 2.24) is 9.88 Å². The molecule has 0 spiro atoms. The number of benzene rings is 3. The summed E-state index contributed by atoms with van der Waals surface area (Å²) in [6.45, 7) is 1.46. The molecule has 4 nitrogen and oxygen atoms in total. The minimum Gasteiger partial charge on any atom is -0.457 e. The molecule has 1 atom stereocenters. The fourth-order valence-electron chi connectivity index (χ4n) is 3.95. The van der Waals surface area contributed by atoms with E-state index in [2.05, 4.69) is 12.1 Å². The molecule has 5 heteroatoms. The number of fused-ring (bicyclic) bond motifs is 1. The molecule has 2 heterocycles. The lowest BCUT2D eigenvalue weighted by atomic mass is 9.98. The van der Waals surface area contributed by atoms with Gasteiger partial charge in [-0.25, -0.2) is 4.98 Å². The first-order valence-corrected chi connectivity index (χ1v) is 11.1. The Bertz CT molecular complexity index is 1140. The van der Waals surface area contributed by atoms with Crippen LogP contribution in [0.2, 0.25) is 0 Å². The number of rotatable bonds is 4. The molecule has 1 fully saturated rings. The highest BCUT2D eigenvalue weighted by molar-refractivity contribution is 7.18. The van der Waals surface area contributed by atoms with E-state index in [1.54, 1.807) is 11.3 Å². The number of likely N-dealkylation sites (tertiary alicyclic amines) is 1. The van der Waals surface area contributed by atoms with E-state index in [9.17, 15) is 4.79 Å². The van der Waals surface area contributed by atoms with Gasteiger partial charge in [0.25, 0.3) is 5.91 Å². The minimum absolute atomic E-state index is 0.0207. The summed E-state index contributed by atoms with van der Waals surface area (Å²) in [6, 6.07) is 25.3. The SMILES string of the molecule is O=C(c1ccccc1Oc1ccccc1)N1CCCC(c2nc3ccccc3s2)C1. The molecule has 0 aliphatic carbocycles. The van der Waals surface area contributed by atoms with Crippen molar-refractivity contribution in [1.29, 1.82) is 0 Å². The van der Waals surface area contributed by atoms with Crippen LogP contribution in [0.4, 0.5) is 0 Å². The topological polar surface area (TPSA) is 42.4 Å². The van der Waals surface area contributed by atoms with E-state index in [-0.39, 0.29) is 11.8 Å². The average Bonchev–Trinajstić information content (AvgIpc) is 3.24.